The van der Waals surface area contributed by atoms with Crippen LogP contribution in [0, 0.1) is 0 Å². The molecule has 0 aliphatic carbocycles. The predicted molar refractivity (Wildman–Crippen MR) is 88.4 cm³/mol. The highest BCUT2D eigenvalue weighted by Crippen LogP contribution is 2.31. The van der Waals surface area contributed by atoms with Gasteiger partial charge >= 0.3 is 0 Å². The third-order valence-corrected chi connectivity index (χ3v) is 4.49. The summed E-state index contributed by atoms with van der Waals surface area (Å²) in [5, 5.41) is 8.77. The van der Waals surface area contributed by atoms with Crippen LogP contribution in [0.4, 0.5) is 5.13 Å². The van der Waals surface area contributed by atoms with Gasteiger partial charge in [0.2, 0.25) is 5.91 Å². The lowest BCUT2D eigenvalue weighted by molar-refractivity contribution is -0.116. The normalized spacial score (nSPS) is 17.4. The highest BCUT2D eigenvalue weighted by atomic mass is 32.1. The molecule has 2 heterocycles. The summed E-state index contributed by atoms with van der Waals surface area (Å²) in [6.45, 7) is 1.01. The third-order valence-electron chi connectivity index (χ3n) is 3.73. The van der Waals surface area contributed by atoms with E-state index in [1.54, 1.807) is 7.11 Å². The first kappa shape index (κ1) is 15.0. The summed E-state index contributed by atoms with van der Waals surface area (Å²) in [6.07, 6.45) is 2.72. The molecular formula is C16H19N3O2S. The van der Waals surface area contributed by atoms with Gasteiger partial charge in [-0.05, 0) is 31.5 Å². The Balaban J connectivity index is 1.67. The fourth-order valence-corrected chi connectivity index (χ4v) is 3.36. The van der Waals surface area contributed by atoms with E-state index in [9.17, 15) is 4.79 Å². The van der Waals surface area contributed by atoms with E-state index in [1.165, 1.54) is 11.3 Å². The van der Waals surface area contributed by atoms with Crippen LogP contribution in [0.1, 0.15) is 19.3 Å². The molecule has 1 aliphatic rings. The van der Waals surface area contributed by atoms with Gasteiger partial charge in [-0.1, -0.05) is 12.1 Å². The van der Waals surface area contributed by atoms with Crippen LogP contribution in [0.15, 0.2) is 29.6 Å². The van der Waals surface area contributed by atoms with E-state index in [0.717, 1.165) is 36.4 Å². The summed E-state index contributed by atoms with van der Waals surface area (Å²) in [7, 11) is 1.64. The maximum absolute atomic E-state index is 12.0. The number of nitrogens with zero attached hydrogens (tertiary/aromatic N) is 1. The molecule has 0 bridgehead atoms. The van der Waals surface area contributed by atoms with E-state index in [2.05, 4.69) is 15.6 Å². The standard InChI is InChI=1S/C16H19N3O2S/c1-21-14-7-3-2-6-12(14)13-10-22-16(18-13)19-15(20)9-11-5-4-8-17-11/h2-3,6-7,10-11,17H,4-5,8-9H2,1H3,(H,18,19,20). The van der Waals surface area contributed by atoms with Crippen molar-refractivity contribution in [2.75, 3.05) is 19.0 Å². The molecule has 1 aliphatic heterocycles. The van der Waals surface area contributed by atoms with Gasteiger partial charge in [0.1, 0.15) is 5.75 Å². The van der Waals surface area contributed by atoms with Gasteiger partial charge in [0.05, 0.1) is 12.8 Å². The maximum atomic E-state index is 12.0. The van der Waals surface area contributed by atoms with Crippen molar-refractivity contribution in [1.29, 1.82) is 0 Å². The Hall–Kier alpha value is -1.92. The molecule has 1 fully saturated rings. The molecule has 2 N–H and O–H groups in total. The number of ether oxygens (including phenoxy) is 1. The van der Waals surface area contributed by atoms with E-state index in [1.807, 2.05) is 29.6 Å². The Labute approximate surface area is 133 Å². The molecule has 2 aromatic rings. The van der Waals surface area contributed by atoms with Crippen molar-refractivity contribution < 1.29 is 9.53 Å². The molecule has 1 saturated heterocycles. The van der Waals surface area contributed by atoms with E-state index in [4.69, 9.17) is 4.74 Å². The first-order valence-corrected chi connectivity index (χ1v) is 8.26. The van der Waals surface area contributed by atoms with Crippen molar-refractivity contribution in [3.05, 3.63) is 29.6 Å². The summed E-state index contributed by atoms with van der Waals surface area (Å²) in [5.74, 6) is 0.793. The molecule has 1 atom stereocenters. The lowest BCUT2D eigenvalue weighted by Crippen LogP contribution is -2.27. The number of carbonyl (C=O) groups excluding carboxylic acids is 1. The number of hydrogen-bond acceptors (Lipinski definition) is 5. The number of para-hydroxylation sites is 1. The van der Waals surface area contributed by atoms with Gasteiger partial charge in [0.25, 0.3) is 0 Å². The van der Waals surface area contributed by atoms with Crippen LogP contribution >= 0.6 is 11.3 Å². The SMILES string of the molecule is COc1ccccc1-c1csc(NC(=O)CC2CCCN2)n1. The number of methoxy groups -OCH3 is 1. The highest BCUT2D eigenvalue weighted by molar-refractivity contribution is 7.14. The molecule has 22 heavy (non-hydrogen) atoms. The predicted octanol–water partition coefficient (Wildman–Crippen LogP) is 2.90. The average Bonchev–Trinajstić information content (AvgIpc) is 3.19. The van der Waals surface area contributed by atoms with Crippen LogP contribution in [-0.4, -0.2) is 30.6 Å². The van der Waals surface area contributed by atoms with E-state index < -0.39 is 0 Å². The minimum Gasteiger partial charge on any atom is -0.496 e. The van der Waals surface area contributed by atoms with Gasteiger partial charge in [0, 0.05) is 23.4 Å². The van der Waals surface area contributed by atoms with Gasteiger partial charge in [-0.2, -0.15) is 0 Å². The van der Waals surface area contributed by atoms with Crippen molar-refractivity contribution in [2.45, 2.75) is 25.3 Å². The Morgan fingerprint density at radius 3 is 3.14 bits per heavy atom. The molecule has 1 unspecified atom stereocenters. The molecule has 1 aromatic carbocycles. The minimum absolute atomic E-state index is 0.0142. The molecule has 6 heteroatoms. The Bertz CT molecular complexity index is 650. The first-order valence-electron chi connectivity index (χ1n) is 7.38. The monoisotopic (exact) mass is 317 g/mol. The minimum atomic E-state index is 0.0142. The van der Waals surface area contributed by atoms with Crippen LogP contribution in [0.2, 0.25) is 0 Å². The molecule has 1 aromatic heterocycles. The Morgan fingerprint density at radius 2 is 2.36 bits per heavy atom. The van der Waals surface area contributed by atoms with Gasteiger partial charge in [-0.15, -0.1) is 11.3 Å². The van der Waals surface area contributed by atoms with Crippen molar-refractivity contribution >= 4 is 22.4 Å². The first-order chi connectivity index (χ1) is 10.8. The number of thiazole rings is 1. The van der Waals surface area contributed by atoms with E-state index >= 15 is 0 Å². The van der Waals surface area contributed by atoms with E-state index in [0.29, 0.717) is 17.6 Å². The van der Waals surface area contributed by atoms with Crippen LogP contribution in [-0.2, 0) is 4.79 Å². The van der Waals surface area contributed by atoms with Gasteiger partial charge in [0.15, 0.2) is 5.13 Å². The summed E-state index contributed by atoms with van der Waals surface area (Å²) < 4.78 is 5.35. The summed E-state index contributed by atoms with van der Waals surface area (Å²) in [4.78, 5) is 16.5. The van der Waals surface area contributed by atoms with E-state index in [-0.39, 0.29) is 5.91 Å². The molecule has 0 radical (unpaired) electrons. The molecule has 3 rings (SSSR count). The topological polar surface area (TPSA) is 63.2 Å². The maximum Gasteiger partial charge on any atom is 0.227 e. The number of rotatable bonds is 5. The van der Waals surface area contributed by atoms with Gasteiger partial charge in [-0.3, -0.25) is 4.79 Å². The third kappa shape index (κ3) is 3.45. The lowest BCUT2D eigenvalue weighted by atomic mass is 10.1. The molecule has 0 saturated carbocycles. The van der Waals surface area contributed by atoms with Crippen molar-refractivity contribution in [3.63, 3.8) is 0 Å². The molecule has 116 valence electrons. The van der Waals surface area contributed by atoms with Crippen LogP contribution < -0.4 is 15.4 Å². The molecule has 1 amide bonds. The lowest BCUT2D eigenvalue weighted by Gasteiger charge is -2.08. The fraction of sp³-hybridized carbons (Fsp3) is 0.375. The zero-order valence-corrected chi connectivity index (χ0v) is 13.3. The number of hydrogen-bond donors (Lipinski definition) is 2. The number of aromatic nitrogens is 1. The largest absolute Gasteiger partial charge is 0.496 e. The number of amides is 1. The Morgan fingerprint density at radius 1 is 1.50 bits per heavy atom. The van der Waals surface area contributed by atoms with Crippen molar-refractivity contribution in [1.82, 2.24) is 10.3 Å². The fourth-order valence-electron chi connectivity index (χ4n) is 2.64. The second-order valence-corrected chi connectivity index (χ2v) is 6.14. The quantitative estimate of drug-likeness (QED) is 0.890. The number of nitrogens with one attached hydrogen (secondary N) is 2. The zero-order chi connectivity index (χ0) is 15.4. The summed E-state index contributed by atoms with van der Waals surface area (Å²) in [6, 6.07) is 8.03. The average molecular weight is 317 g/mol. The van der Waals surface area contributed by atoms with Crippen LogP contribution in [0.5, 0.6) is 5.75 Å². The highest BCUT2D eigenvalue weighted by Gasteiger charge is 2.18. The molecular weight excluding hydrogens is 298 g/mol. The van der Waals surface area contributed by atoms with Gasteiger partial charge in [-0.25, -0.2) is 4.98 Å². The summed E-state index contributed by atoms with van der Waals surface area (Å²) in [5.41, 5.74) is 1.75. The van der Waals surface area contributed by atoms with Crippen molar-refractivity contribution in [3.8, 4) is 17.0 Å². The Kier molecular flexibility index (Phi) is 4.70. The number of carbonyl (C=O) groups is 1. The smallest absolute Gasteiger partial charge is 0.227 e. The van der Waals surface area contributed by atoms with Crippen LogP contribution in [0.25, 0.3) is 11.3 Å². The molecule has 5 nitrogen and oxygen atoms in total. The number of benzene rings is 1. The van der Waals surface area contributed by atoms with Gasteiger partial charge < -0.3 is 15.4 Å². The second-order valence-electron chi connectivity index (χ2n) is 5.28. The molecule has 0 spiro atoms. The summed E-state index contributed by atoms with van der Waals surface area (Å²) >= 11 is 1.43. The van der Waals surface area contributed by atoms with Crippen molar-refractivity contribution in [2.24, 2.45) is 0 Å². The second kappa shape index (κ2) is 6.89. The van der Waals surface area contributed by atoms with Crippen LogP contribution in [0.3, 0.4) is 0 Å². The number of anilines is 1. The zero-order valence-electron chi connectivity index (χ0n) is 12.5.